The second kappa shape index (κ2) is 1.96. The highest BCUT2D eigenvalue weighted by Gasteiger charge is 2.04. The van der Waals surface area contributed by atoms with E-state index in [0.29, 0.717) is 6.42 Å². The normalized spacial score (nSPS) is 21.4. The van der Waals surface area contributed by atoms with Gasteiger partial charge in [0.25, 0.3) is 0 Å². The first-order chi connectivity index (χ1) is 3.39. The van der Waals surface area contributed by atoms with Gasteiger partial charge in [-0.15, -0.1) is 0 Å². The quantitative estimate of drug-likeness (QED) is 0.457. The summed E-state index contributed by atoms with van der Waals surface area (Å²) < 4.78 is 0. The smallest absolute Gasteiger partial charge is 0.220 e. The van der Waals surface area contributed by atoms with Gasteiger partial charge in [0, 0.05) is 13.0 Å². The van der Waals surface area contributed by atoms with Gasteiger partial charge in [0.15, 0.2) is 0 Å². The second-order valence-electron chi connectivity index (χ2n) is 1.63. The van der Waals surface area contributed by atoms with Crippen LogP contribution in [0.4, 0.5) is 0 Å². The first-order valence-electron chi connectivity index (χ1n) is 2.48. The number of hydrogen-bond acceptors (Lipinski definition) is 1. The number of rotatable bonds is 0. The summed E-state index contributed by atoms with van der Waals surface area (Å²) in [5, 5.41) is 2.69. The fourth-order valence-electron chi connectivity index (χ4n) is 0.610. The van der Waals surface area contributed by atoms with Gasteiger partial charge in [0.1, 0.15) is 0 Å². The summed E-state index contributed by atoms with van der Waals surface area (Å²) in [4.78, 5) is 10.3. The molecule has 1 N–H and O–H groups in total. The number of hydrogen-bond donors (Lipinski definition) is 1. The van der Waals surface area contributed by atoms with Gasteiger partial charge in [-0.25, -0.2) is 0 Å². The highest BCUT2D eigenvalue weighted by molar-refractivity contribution is 5.76. The monoisotopic (exact) mass is 98.1 g/mol. The number of carbonyl (C=O) groups excluding carboxylic acids is 1. The Labute approximate surface area is 42.9 Å². The fraction of sp³-hybridized carbons (Fsp3) is 0.600. The van der Waals surface area contributed by atoms with Gasteiger partial charge in [-0.1, -0.05) is 0 Å². The third kappa shape index (κ3) is 1.18. The summed E-state index contributed by atoms with van der Waals surface area (Å²) in [5.41, 5.74) is 0. The van der Waals surface area contributed by atoms with Crippen molar-refractivity contribution in [1.29, 1.82) is 0 Å². The molecule has 0 saturated carbocycles. The molecule has 1 aliphatic heterocycles. The van der Waals surface area contributed by atoms with Crippen molar-refractivity contribution in [1.82, 2.24) is 5.32 Å². The lowest BCUT2D eigenvalue weighted by molar-refractivity contribution is -0.121. The van der Waals surface area contributed by atoms with Gasteiger partial charge in [-0.2, -0.15) is 0 Å². The molecule has 0 aromatic carbocycles. The largest absolute Gasteiger partial charge is 0.356 e. The zero-order valence-corrected chi connectivity index (χ0v) is 4.11. The Kier molecular flexibility index (Phi) is 1.29. The maximum atomic E-state index is 10.3. The van der Waals surface area contributed by atoms with E-state index in [4.69, 9.17) is 0 Å². The summed E-state index contributed by atoms with van der Waals surface area (Å²) in [5.74, 6) is 0.183. The van der Waals surface area contributed by atoms with E-state index in [-0.39, 0.29) is 5.91 Å². The van der Waals surface area contributed by atoms with E-state index in [0.717, 1.165) is 13.0 Å². The van der Waals surface area contributed by atoms with E-state index < -0.39 is 0 Å². The minimum atomic E-state index is 0.183. The van der Waals surface area contributed by atoms with Crippen LogP contribution < -0.4 is 5.32 Å². The number of nitrogens with one attached hydrogen (secondary N) is 1. The molecule has 0 spiro atoms. The molecule has 1 aliphatic rings. The molecule has 0 unspecified atom stereocenters. The van der Waals surface area contributed by atoms with Gasteiger partial charge in [0.05, 0.1) is 0 Å². The van der Waals surface area contributed by atoms with E-state index in [1.165, 1.54) is 0 Å². The number of piperidine rings is 1. The van der Waals surface area contributed by atoms with Crippen LogP contribution in [0.15, 0.2) is 0 Å². The Morgan fingerprint density at radius 2 is 2.57 bits per heavy atom. The summed E-state index contributed by atoms with van der Waals surface area (Å²) in [7, 11) is 0. The summed E-state index contributed by atoms with van der Waals surface area (Å²) in [6.07, 6.45) is 3.70. The maximum absolute atomic E-state index is 10.3. The van der Waals surface area contributed by atoms with Crippen molar-refractivity contribution >= 4 is 5.91 Å². The van der Waals surface area contributed by atoms with Crippen molar-refractivity contribution in [3.05, 3.63) is 6.42 Å². The molecule has 0 aromatic heterocycles. The first-order valence-corrected chi connectivity index (χ1v) is 2.48. The molecule has 0 aliphatic carbocycles. The zero-order chi connectivity index (χ0) is 5.11. The van der Waals surface area contributed by atoms with Crippen LogP contribution in [0, 0.1) is 6.42 Å². The van der Waals surface area contributed by atoms with Crippen LogP contribution in [0.5, 0.6) is 0 Å². The first kappa shape index (κ1) is 4.62. The lowest BCUT2D eigenvalue weighted by Gasteiger charge is -2.08. The average molecular weight is 98.1 g/mol. The van der Waals surface area contributed by atoms with Crippen molar-refractivity contribution < 1.29 is 4.79 Å². The highest BCUT2D eigenvalue weighted by Crippen LogP contribution is 1.97. The molecule has 0 aromatic rings. The van der Waals surface area contributed by atoms with Crippen molar-refractivity contribution in [2.45, 2.75) is 12.8 Å². The Hall–Kier alpha value is -0.530. The highest BCUT2D eigenvalue weighted by atomic mass is 16.1. The predicted octanol–water partition coefficient (Wildman–Crippen LogP) is 0.101. The van der Waals surface area contributed by atoms with Crippen LogP contribution >= 0.6 is 0 Å². The minimum Gasteiger partial charge on any atom is -0.356 e. The van der Waals surface area contributed by atoms with E-state index in [2.05, 4.69) is 11.7 Å². The van der Waals surface area contributed by atoms with Crippen molar-refractivity contribution in [3.63, 3.8) is 0 Å². The predicted molar refractivity (Wildman–Crippen MR) is 26.5 cm³/mol. The van der Waals surface area contributed by atoms with E-state index >= 15 is 0 Å². The second-order valence-corrected chi connectivity index (χ2v) is 1.63. The van der Waals surface area contributed by atoms with Crippen molar-refractivity contribution in [2.24, 2.45) is 0 Å². The molecule has 1 saturated heterocycles. The van der Waals surface area contributed by atoms with Crippen LogP contribution in [0.3, 0.4) is 0 Å². The SMILES string of the molecule is O=C1CC[CH]CN1. The minimum absolute atomic E-state index is 0.183. The van der Waals surface area contributed by atoms with E-state index in [1.807, 2.05) is 0 Å². The zero-order valence-electron chi connectivity index (χ0n) is 4.11. The van der Waals surface area contributed by atoms with Crippen LogP contribution in [0.25, 0.3) is 0 Å². The molecule has 2 nitrogen and oxygen atoms in total. The van der Waals surface area contributed by atoms with Gasteiger partial charge < -0.3 is 5.32 Å². The van der Waals surface area contributed by atoms with Crippen molar-refractivity contribution in [2.75, 3.05) is 6.54 Å². The molecule has 0 atom stereocenters. The molecule has 7 heavy (non-hydrogen) atoms. The lowest BCUT2D eigenvalue weighted by Crippen LogP contribution is -2.28. The fourth-order valence-corrected chi connectivity index (χ4v) is 0.610. The molecule has 39 valence electrons. The van der Waals surface area contributed by atoms with Gasteiger partial charge in [-0.3, -0.25) is 4.79 Å². The molecular formula is C5H8NO. The maximum Gasteiger partial charge on any atom is 0.220 e. The third-order valence-corrected chi connectivity index (χ3v) is 1.02. The van der Waals surface area contributed by atoms with Gasteiger partial charge in [0.2, 0.25) is 5.91 Å². The average Bonchev–Trinajstić information content (AvgIpc) is 1.69. The van der Waals surface area contributed by atoms with Crippen LogP contribution in [0.2, 0.25) is 0 Å². The Bertz CT molecular complexity index is 72.1. The molecule has 2 heteroatoms. The molecule has 1 radical (unpaired) electrons. The topological polar surface area (TPSA) is 29.1 Å². The standard InChI is InChI=1S/C5H8NO/c7-5-3-1-2-4-6-5/h2H,1,3-4H2,(H,6,7). The van der Waals surface area contributed by atoms with E-state index in [9.17, 15) is 4.79 Å². The number of amides is 1. The third-order valence-electron chi connectivity index (χ3n) is 1.02. The van der Waals surface area contributed by atoms with Crippen molar-refractivity contribution in [3.8, 4) is 0 Å². The van der Waals surface area contributed by atoms with Crippen LogP contribution in [0.1, 0.15) is 12.8 Å². The van der Waals surface area contributed by atoms with Gasteiger partial charge >= 0.3 is 0 Å². The molecule has 0 bridgehead atoms. The Balaban J connectivity index is 2.25. The summed E-state index contributed by atoms with van der Waals surface area (Å²) in [6.45, 7) is 0.763. The molecule has 1 heterocycles. The Morgan fingerprint density at radius 3 is 2.86 bits per heavy atom. The lowest BCUT2D eigenvalue weighted by atomic mass is 10.2. The molecular weight excluding hydrogens is 90.1 g/mol. The van der Waals surface area contributed by atoms with Gasteiger partial charge in [-0.05, 0) is 12.8 Å². The molecule has 1 rings (SSSR count). The van der Waals surface area contributed by atoms with E-state index in [1.54, 1.807) is 0 Å². The molecule has 1 amide bonds. The molecule has 1 fully saturated rings. The van der Waals surface area contributed by atoms with Crippen LogP contribution in [-0.2, 0) is 4.79 Å². The summed E-state index contributed by atoms with van der Waals surface area (Å²) in [6, 6.07) is 0. The Morgan fingerprint density at radius 1 is 1.71 bits per heavy atom. The number of carbonyl (C=O) groups is 1. The van der Waals surface area contributed by atoms with Crippen LogP contribution in [-0.4, -0.2) is 12.5 Å². The summed E-state index contributed by atoms with van der Waals surface area (Å²) >= 11 is 0.